The van der Waals surface area contributed by atoms with Crippen molar-refractivity contribution in [2.75, 3.05) is 18.0 Å². The predicted octanol–water partition coefficient (Wildman–Crippen LogP) is 1.45. The van der Waals surface area contributed by atoms with Crippen LogP contribution in [0, 0.1) is 0 Å². The number of nitrogens with zero attached hydrogens (tertiary/aromatic N) is 2. The summed E-state index contributed by atoms with van der Waals surface area (Å²) < 4.78 is 30.8. The second-order valence-electron chi connectivity index (χ2n) is 4.09. The first-order valence-electron chi connectivity index (χ1n) is 6.11. The van der Waals surface area contributed by atoms with Crippen LogP contribution in [-0.2, 0) is 19.6 Å². The molecule has 0 bridgehead atoms. The minimum absolute atomic E-state index is 0.127. The monoisotopic (exact) mass is 306 g/mol. The highest BCUT2D eigenvalue weighted by molar-refractivity contribution is 7.92. The third-order valence-electron chi connectivity index (χ3n) is 2.74. The van der Waals surface area contributed by atoms with Crippen LogP contribution in [0.1, 0.15) is 0 Å². The molecule has 21 heavy (non-hydrogen) atoms. The van der Waals surface area contributed by atoms with Crippen LogP contribution >= 0.6 is 0 Å². The zero-order valence-corrected chi connectivity index (χ0v) is 12.2. The molecule has 2 rings (SSSR count). The molecule has 1 aromatic carbocycles. The van der Waals surface area contributed by atoms with Crippen LogP contribution in [-0.4, -0.2) is 33.0 Å². The van der Waals surface area contributed by atoms with E-state index >= 15 is 0 Å². The standard InChI is InChI=1S/C14H14N2O4S/c1-20-14(17)11-16(12-7-3-2-4-8-12)21(18,19)13-9-5-6-10-15-13/h2-10H,11H2,1H3. The summed E-state index contributed by atoms with van der Waals surface area (Å²) in [6.45, 7) is -0.417. The van der Waals surface area contributed by atoms with Gasteiger partial charge in [0.25, 0.3) is 10.0 Å². The maximum absolute atomic E-state index is 12.6. The summed E-state index contributed by atoms with van der Waals surface area (Å²) in [4.78, 5) is 15.4. The Morgan fingerprint density at radius 3 is 2.38 bits per heavy atom. The number of benzene rings is 1. The summed E-state index contributed by atoms with van der Waals surface area (Å²) in [6, 6.07) is 12.9. The van der Waals surface area contributed by atoms with Crippen molar-refractivity contribution in [2.45, 2.75) is 5.03 Å². The van der Waals surface area contributed by atoms with Gasteiger partial charge in [0.2, 0.25) is 0 Å². The second-order valence-corrected chi connectivity index (χ2v) is 5.90. The number of aromatic nitrogens is 1. The molecule has 0 aliphatic carbocycles. The van der Waals surface area contributed by atoms with E-state index in [2.05, 4.69) is 9.72 Å². The van der Waals surface area contributed by atoms with Crippen LogP contribution in [0.2, 0.25) is 0 Å². The van der Waals surface area contributed by atoms with E-state index in [9.17, 15) is 13.2 Å². The zero-order chi connectivity index (χ0) is 15.3. The molecule has 110 valence electrons. The highest BCUT2D eigenvalue weighted by Gasteiger charge is 2.28. The van der Waals surface area contributed by atoms with Crippen LogP contribution in [0.15, 0.2) is 59.8 Å². The molecule has 0 saturated carbocycles. The summed E-state index contributed by atoms with van der Waals surface area (Å²) in [5.41, 5.74) is 0.369. The normalized spacial score (nSPS) is 10.9. The van der Waals surface area contributed by atoms with Crippen LogP contribution in [0.5, 0.6) is 0 Å². The highest BCUT2D eigenvalue weighted by atomic mass is 32.2. The third-order valence-corrected chi connectivity index (χ3v) is 4.43. The number of para-hydroxylation sites is 1. The molecule has 0 atom stereocenters. The van der Waals surface area contributed by atoms with Gasteiger partial charge in [0.1, 0.15) is 6.54 Å². The molecule has 0 saturated heterocycles. The van der Waals surface area contributed by atoms with E-state index in [4.69, 9.17) is 0 Å². The Bertz CT molecular complexity index is 702. The Morgan fingerprint density at radius 2 is 1.81 bits per heavy atom. The Labute approximate surface area is 123 Å². The van der Waals surface area contributed by atoms with E-state index in [1.54, 1.807) is 42.5 Å². The summed E-state index contributed by atoms with van der Waals surface area (Å²) in [5, 5.41) is -0.127. The smallest absolute Gasteiger partial charge is 0.326 e. The SMILES string of the molecule is COC(=O)CN(c1ccccc1)S(=O)(=O)c1ccccn1. The lowest BCUT2D eigenvalue weighted by atomic mass is 10.3. The molecule has 6 nitrogen and oxygen atoms in total. The number of anilines is 1. The number of methoxy groups -OCH3 is 1. The first kappa shape index (κ1) is 15.0. The van der Waals surface area contributed by atoms with Crippen LogP contribution in [0.25, 0.3) is 0 Å². The van der Waals surface area contributed by atoms with Gasteiger partial charge >= 0.3 is 5.97 Å². The van der Waals surface area contributed by atoms with E-state index < -0.39 is 22.5 Å². The van der Waals surface area contributed by atoms with Crippen molar-refractivity contribution in [3.63, 3.8) is 0 Å². The van der Waals surface area contributed by atoms with Gasteiger partial charge in [-0.05, 0) is 24.3 Å². The van der Waals surface area contributed by atoms with Crippen molar-refractivity contribution in [2.24, 2.45) is 0 Å². The van der Waals surface area contributed by atoms with E-state index in [1.807, 2.05) is 0 Å². The Balaban J connectivity index is 2.47. The molecule has 0 amide bonds. The van der Waals surface area contributed by atoms with Gasteiger partial charge in [-0.15, -0.1) is 0 Å². The Hall–Kier alpha value is -2.41. The number of hydrogen-bond acceptors (Lipinski definition) is 5. The number of carbonyl (C=O) groups is 1. The largest absolute Gasteiger partial charge is 0.468 e. The third kappa shape index (κ3) is 3.38. The quantitative estimate of drug-likeness (QED) is 0.781. The van der Waals surface area contributed by atoms with Crippen LogP contribution in [0.4, 0.5) is 5.69 Å². The number of pyridine rings is 1. The minimum atomic E-state index is -3.94. The van der Waals surface area contributed by atoms with Gasteiger partial charge in [-0.1, -0.05) is 24.3 Å². The molecule has 0 N–H and O–H groups in total. The second kappa shape index (κ2) is 6.36. The van der Waals surface area contributed by atoms with Gasteiger partial charge in [-0.25, -0.2) is 4.98 Å². The Morgan fingerprint density at radius 1 is 1.14 bits per heavy atom. The van der Waals surface area contributed by atoms with Gasteiger partial charge in [0, 0.05) is 6.20 Å². The van der Waals surface area contributed by atoms with Crippen molar-refractivity contribution in [3.05, 3.63) is 54.7 Å². The van der Waals surface area contributed by atoms with Crippen molar-refractivity contribution >= 4 is 21.7 Å². The van der Waals surface area contributed by atoms with Gasteiger partial charge in [-0.3, -0.25) is 9.10 Å². The first-order valence-corrected chi connectivity index (χ1v) is 7.55. The van der Waals surface area contributed by atoms with Crippen molar-refractivity contribution in [1.82, 2.24) is 4.98 Å². The van der Waals surface area contributed by atoms with Crippen LogP contribution in [0.3, 0.4) is 0 Å². The van der Waals surface area contributed by atoms with Crippen LogP contribution < -0.4 is 4.31 Å². The maximum atomic E-state index is 12.6. The molecule has 1 aromatic heterocycles. The molecular formula is C14H14N2O4S. The lowest BCUT2D eigenvalue weighted by Crippen LogP contribution is -2.36. The number of carbonyl (C=O) groups excluding carboxylic acids is 1. The van der Waals surface area contributed by atoms with Crippen molar-refractivity contribution in [3.8, 4) is 0 Å². The van der Waals surface area contributed by atoms with Crippen molar-refractivity contribution in [1.29, 1.82) is 0 Å². The topological polar surface area (TPSA) is 76.6 Å². The van der Waals surface area contributed by atoms with E-state index in [0.29, 0.717) is 5.69 Å². The lowest BCUT2D eigenvalue weighted by Gasteiger charge is -2.22. The molecule has 0 fully saturated rings. The molecule has 1 heterocycles. The van der Waals surface area contributed by atoms with Crippen molar-refractivity contribution < 1.29 is 17.9 Å². The lowest BCUT2D eigenvalue weighted by molar-refractivity contribution is -0.138. The fraction of sp³-hybridized carbons (Fsp3) is 0.143. The molecule has 0 radical (unpaired) electrons. The average Bonchev–Trinajstić information content (AvgIpc) is 2.53. The maximum Gasteiger partial charge on any atom is 0.326 e. The number of ether oxygens (including phenoxy) is 1. The highest BCUT2D eigenvalue weighted by Crippen LogP contribution is 2.21. The zero-order valence-electron chi connectivity index (χ0n) is 11.3. The molecule has 0 aliphatic rings. The number of sulfonamides is 1. The molecule has 2 aromatic rings. The van der Waals surface area contributed by atoms with Gasteiger partial charge in [0.15, 0.2) is 5.03 Å². The number of hydrogen-bond donors (Lipinski definition) is 0. The van der Waals surface area contributed by atoms with E-state index in [-0.39, 0.29) is 5.03 Å². The summed E-state index contributed by atoms with van der Waals surface area (Å²) >= 11 is 0. The molecular weight excluding hydrogens is 292 g/mol. The molecule has 0 spiro atoms. The number of esters is 1. The van der Waals surface area contributed by atoms with E-state index in [0.717, 1.165) is 4.31 Å². The Kier molecular flexibility index (Phi) is 4.54. The molecule has 0 unspecified atom stereocenters. The summed E-state index contributed by atoms with van der Waals surface area (Å²) in [5.74, 6) is -0.654. The minimum Gasteiger partial charge on any atom is -0.468 e. The fourth-order valence-electron chi connectivity index (χ4n) is 1.70. The number of rotatable bonds is 5. The molecule has 7 heteroatoms. The fourth-order valence-corrected chi connectivity index (χ4v) is 3.05. The van der Waals surface area contributed by atoms with E-state index in [1.165, 1.54) is 19.4 Å². The van der Waals surface area contributed by atoms with Gasteiger partial charge in [-0.2, -0.15) is 8.42 Å². The summed E-state index contributed by atoms with van der Waals surface area (Å²) in [7, 11) is -2.73. The van der Waals surface area contributed by atoms with Gasteiger partial charge < -0.3 is 4.74 Å². The first-order chi connectivity index (χ1) is 10.1. The van der Waals surface area contributed by atoms with Gasteiger partial charge in [0.05, 0.1) is 12.8 Å². The molecule has 0 aliphatic heterocycles. The summed E-state index contributed by atoms with van der Waals surface area (Å²) in [6.07, 6.45) is 1.38. The average molecular weight is 306 g/mol. The predicted molar refractivity (Wildman–Crippen MR) is 77.2 cm³/mol.